The van der Waals surface area contributed by atoms with E-state index in [1.807, 2.05) is 6.08 Å². The molecule has 0 aliphatic heterocycles. The van der Waals surface area contributed by atoms with Crippen LogP contribution in [0.1, 0.15) is 162 Å². The summed E-state index contributed by atoms with van der Waals surface area (Å²) >= 11 is 0. The lowest BCUT2D eigenvalue weighted by Crippen LogP contribution is -2.29. The normalized spacial score (nSPS) is 14.2. The van der Waals surface area contributed by atoms with E-state index in [2.05, 4.69) is 36.6 Å². The molecule has 0 rings (SSSR count). The minimum Gasteiger partial charge on any atom is -0.462 e. The van der Waals surface area contributed by atoms with Gasteiger partial charge >= 0.3 is 19.8 Å². The number of allylic oxidation sites excluding steroid dienone is 6. The Hall–Kier alpha value is -2.14. The lowest BCUT2D eigenvalue weighted by Gasteiger charge is -2.20. The highest BCUT2D eigenvalue weighted by molar-refractivity contribution is 7.47. The smallest absolute Gasteiger partial charge is 0.462 e. The van der Waals surface area contributed by atoms with Gasteiger partial charge in [-0.1, -0.05) is 115 Å². The number of esters is 2. The minimum absolute atomic E-state index is 0.0976. The fourth-order valence-electron chi connectivity index (χ4n) is 5.09. The molecule has 0 saturated heterocycles. The molecule has 11 nitrogen and oxygen atoms in total. The number of ether oxygens (including phenoxy) is 2. The maximum absolute atomic E-state index is 12.6. The number of phosphoric ester groups is 1. The zero-order valence-electron chi connectivity index (χ0n) is 32.3. The van der Waals surface area contributed by atoms with E-state index in [0.717, 1.165) is 77.0 Å². The summed E-state index contributed by atoms with van der Waals surface area (Å²) in [5.74, 6) is -0.932. The van der Waals surface area contributed by atoms with Crippen LogP contribution in [-0.2, 0) is 37.5 Å². The summed E-state index contributed by atoms with van der Waals surface area (Å²) in [7, 11) is -4.64. The Morgan fingerprint density at radius 1 is 0.615 bits per heavy atom. The van der Waals surface area contributed by atoms with Gasteiger partial charge in [0.05, 0.1) is 19.8 Å². The monoisotopic (exact) mass is 758 g/mol. The molecule has 0 aromatic heterocycles. The molecular weight excluding hydrogens is 687 g/mol. The largest absolute Gasteiger partial charge is 0.472 e. The molecular formula is C40H71O11P. The Balaban J connectivity index is 4.46. The Morgan fingerprint density at radius 2 is 1.12 bits per heavy atom. The summed E-state index contributed by atoms with van der Waals surface area (Å²) in [6, 6.07) is 0. The van der Waals surface area contributed by atoms with Crippen LogP contribution in [0.15, 0.2) is 36.5 Å². The summed E-state index contributed by atoms with van der Waals surface area (Å²) in [6.45, 7) is 2.15. The number of carbonyl (C=O) groups is 3. The molecule has 3 N–H and O–H groups in total. The quantitative estimate of drug-likeness (QED) is 0.0138. The number of hydrogen-bond donors (Lipinski definition) is 3. The number of carbonyl (C=O) groups excluding carboxylic acids is 3. The van der Waals surface area contributed by atoms with Crippen LogP contribution in [0.2, 0.25) is 0 Å². The van der Waals surface area contributed by atoms with E-state index >= 15 is 0 Å². The van der Waals surface area contributed by atoms with Crippen LogP contribution in [0.3, 0.4) is 0 Å². The fraction of sp³-hybridized carbons (Fsp3) is 0.775. The second-order valence-corrected chi connectivity index (χ2v) is 14.8. The van der Waals surface area contributed by atoms with Gasteiger partial charge in [0, 0.05) is 19.3 Å². The number of ketones is 1. The maximum atomic E-state index is 12.6. The molecule has 52 heavy (non-hydrogen) atoms. The van der Waals surface area contributed by atoms with Gasteiger partial charge in [-0.05, 0) is 63.9 Å². The van der Waals surface area contributed by atoms with Crippen LogP contribution in [0.5, 0.6) is 0 Å². The molecule has 0 aromatic rings. The molecule has 1 unspecified atom stereocenters. The second-order valence-electron chi connectivity index (χ2n) is 13.3. The molecule has 3 atom stereocenters. The topological polar surface area (TPSA) is 166 Å². The lowest BCUT2D eigenvalue weighted by molar-refractivity contribution is -0.161. The van der Waals surface area contributed by atoms with Gasteiger partial charge in [0.1, 0.15) is 12.7 Å². The van der Waals surface area contributed by atoms with Gasteiger partial charge in [-0.2, -0.15) is 0 Å². The molecule has 0 bridgehead atoms. The summed E-state index contributed by atoms with van der Waals surface area (Å²) in [6.07, 6.45) is 30.8. The first kappa shape index (κ1) is 49.9. The van der Waals surface area contributed by atoms with Gasteiger partial charge in [0.15, 0.2) is 11.9 Å². The van der Waals surface area contributed by atoms with Crippen molar-refractivity contribution in [2.75, 3.05) is 26.4 Å². The minimum atomic E-state index is -4.64. The van der Waals surface area contributed by atoms with Crippen molar-refractivity contribution in [1.82, 2.24) is 0 Å². The van der Waals surface area contributed by atoms with Crippen molar-refractivity contribution >= 4 is 25.5 Å². The summed E-state index contributed by atoms with van der Waals surface area (Å²) in [5, 5.41) is 18.3. The van der Waals surface area contributed by atoms with E-state index in [9.17, 15) is 28.9 Å². The number of unbranched alkanes of at least 4 members (excludes halogenated alkanes) is 16. The highest BCUT2D eigenvalue weighted by Crippen LogP contribution is 2.43. The number of hydrogen-bond acceptors (Lipinski definition) is 10. The van der Waals surface area contributed by atoms with E-state index < -0.39 is 51.8 Å². The van der Waals surface area contributed by atoms with E-state index in [1.165, 1.54) is 38.5 Å². The lowest BCUT2D eigenvalue weighted by atomic mass is 10.1. The SMILES string of the molecule is CCCCC/C=C\C=C\C(=O)CCCCCCCC(=O)O[C@H](COC(=O)CCCCCCC/C=C\CCCCCC)COP(=O)(O)OC[C@@H](O)CO. The van der Waals surface area contributed by atoms with Crippen molar-refractivity contribution in [3.63, 3.8) is 0 Å². The van der Waals surface area contributed by atoms with E-state index in [0.29, 0.717) is 19.3 Å². The maximum Gasteiger partial charge on any atom is 0.472 e. The van der Waals surface area contributed by atoms with Crippen molar-refractivity contribution in [2.45, 2.75) is 174 Å². The summed E-state index contributed by atoms with van der Waals surface area (Å²) in [5.41, 5.74) is 0. The fourth-order valence-corrected chi connectivity index (χ4v) is 5.87. The van der Waals surface area contributed by atoms with Crippen molar-refractivity contribution in [3.8, 4) is 0 Å². The second kappa shape index (κ2) is 35.9. The Morgan fingerprint density at radius 3 is 1.75 bits per heavy atom. The van der Waals surface area contributed by atoms with Gasteiger partial charge in [-0.3, -0.25) is 23.4 Å². The first-order chi connectivity index (χ1) is 25.1. The van der Waals surface area contributed by atoms with Crippen LogP contribution in [0.25, 0.3) is 0 Å². The van der Waals surface area contributed by atoms with Gasteiger partial charge < -0.3 is 24.6 Å². The third-order valence-electron chi connectivity index (χ3n) is 8.24. The Bertz CT molecular complexity index is 1030. The average Bonchev–Trinajstić information content (AvgIpc) is 3.12. The zero-order chi connectivity index (χ0) is 38.5. The standard InChI is InChI=1S/C40H71O11P/c1-3-5-7-9-11-12-13-14-15-16-18-22-26-30-39(44)48-34-38(35-50-52(46,47)49-33-37(43)32-41)51-40(45)31-27-23-19-21-25-29-36(42)28-24-20-17-10-8-6-4-2/h12-13,17,20,24,28,37-38,41,43H,3-11,14-16,18-19,21-23,25-27,29-35H2,1-2H3,(H,46,47)/b13-12-,20-17-,28-24+/t37-,38+/m0/s1. The molecule has 0 aliphatic rings. The van der Waals surface area contributed by atoms with Crippen molar-refractivity contribution < 1.29 is 52.6 Å². The molecule has 0 aromatic carbocycles. The van der Waals surface area contributed by atoms with Gasteiger partial charge in [0.2, 0.25) is 0 Å². The first-order valence-electron chi connectivity index (χ1n) is 19.9. The molecule has 0 saturated carbocycles. The number of phosphoric acid groups is 1. The molecule has 0 amide bonds. The Labute approximate surface area is 314 Å². The molecule has 12 heteroatoms. The summed E-state index contributed by atoms with van der Waals surface area (Å²) < 4.78 is 32.5. The van der Waals surface area contributed by atoms with E-state index in [4.69, 9.17) is 19.1 Å². The average molecular weight is 759 g/mol. The van der Waals surface area contributed by atoms with Crippen LogP contribution >= 0.6 is 7.82 Å². The van der Waals surface area contributed by atoms with Crippen LogP contribution in [0.4, 0.5) is 0 Å². The van der Waals surface area contributed by atoms with E-state index in [-0.39, 0.29) is 25.2 Å². The van der Waals surface area contributed by atoms with Gasteiger partial charge in [-0.25, -0.2) is 4.57 Å². The van der Waals surface area contributed by atoms with E-state index in [1.54, 1.807) is 12.2 Å². The van der Waals surface area contributed by atoms with Crippen LogP contribution in [0, 0.1) is 0 Å². The highest BCUT2D eigenvalue weighted by Gasteiger charge is 2.27. The number of aliphatic hydroxyl groups is 2. The van der Waals surface area contributed by atoms with Crippen molar-refractivity contribution in [3.05, 3.63) is 36.5 Å². The number of rotatable bonds is 37. The molecule has 0 spiro atoms. The molecule has 0 radical (unpaired) electrons. The molecule has 0 fully saturated rings. The molecule has 0 heterocycles. The predicted molar refractivity (Wildman–Crippen MR) is 206 cm³/mol. The third-order valence-corrected chi connectivity index (χ3v) is 9.19. The predicted octanol–water partition coefficient (Wildman–Crippen LogP) is 9.18. The zero-order valence-corrected chi connectivity index (χ0v) is 33.2. The number of aliphatic hydroxyl groups excluding tert-OH is 2. The highest BCUT2D eigenvalue weighted by atomic mass is 31.2. The third kappa shape index (κ3) is 34.9. The van der Waals surface area contributed by atoms with Crippen LogP contribution < -0.4 is 0 Å². The van der Waals surface area contributed by atoms with Gasteiger partial charge in [0.25, 0.3) is 0 Å². The van der Waals surface area contributed by atoms with Gasteiger partial charge in [-0.15, -0.1) is 0 Å². The molecule has 302 valence electrons. The van der Waals surface area contributed by atoms with Crippen LogP contribution in [-0.4, -0.2) is 71.5 Å². The first-order valence-corrected chi connectivity index (χ1v) is 21.4. The molecule has 0 aliphatic carbocycles. The Kier molecular flexibility index (Phi) is 34.4. The summed E-state index contributed by atoms with van der Waals surface area (Å²) in [4.78, 5) is 46.9. The van der Waals surface area contributed by atoms with Crippen molar-refractivity contribution in [1.29, 1.82) is 0 Å². The van der Waals surface area contributed by atoms with Crippen molar-refractivity contribution in [2.24, 2.45) is 0 Å².